The lowest BCUT2D eigenvalue weighted by atomic mass is 9.60. The third-order valence-electron chi connectivity index (χ3n) is 8.62. The summed E-state index contributed by atoms with van der Waals surface area (Å²) in [6.45, 7) is 17.3. The quantitative estimate of drug-likeness (QED) is 0.465. The Kier molecular flexibility index (Phi) is 11.7. The van der Waals surface area contributed by atoms with Gasteiger partial charge < -0.3 is 5.73 Å². The van der Waals surface area contributed by atoms with Gasteiger partial charge in [-0.25, -0.2) is 0 Å². The Morgan fingerprint density at radius 3 is 1.97 bits per heavy atom. The zero-order chi connectivity index (χ0) is 22.4. The zero-order valence-corrected chi connectivity index (χ0v) is 21.5. The van der Waals surface area contributed by atoms with Crippen LogP contribution in [0.2, 0.25) is 0 Å². The molecular weight excluding hydrogens is 374 g/mol. The SMILES string of the molecule is C.CC.CC.Cc1cc2c(c(C)c1N)CCC1CC(C3CCC(C(C)C)CC3)CCC21. The van der Waals surface area contributed by atoms with Gasteiger partial charge in [0.25, 0.3) is 0 Å². The molecule has 0 aliphatic heterocycles. The molecule has 3 atom stereocenters. The average Bonchev–Trinajstić information content (AvgIpc) is 2.80. The van der Waals surface area contributed by atoms with Gasteiger partial charge >= 0.3 is 0 Å². The van der Waals surface area contributed by atoms with Gasteiger partial charge in [-0.2, -0.15) is 0 Å². The summed E-state index contributed by atoms with van der Waals surface area (Å²) in [6, 6.07) is 2.45. The molecule has 2 saturated carbocycles. The molecule has 1 aromatic carbocycles. The van der Waals surface area contributed by atoms with Gasteiger partial charge in [0.05, 0.1) is 0 Å². The number of aryl methyl sites for hydroxylation is 1. The van der Waals surface area contributed by atoms with Crippen molar-refractivity contribution in [3.05, 3.63) is 28.3 Å². The van der Waals surface area contributed by atoms with E-state index in [0.717, 1.165) is 41.2 Å². The predicted octanol–water partition coefficient (Wildman–Crippen LogP) is 9.48. The van der Waals surface area contributed by atoms with Crippen molar-refractivity contribution < 1.29 is 0 Å². The predicted molar refractivity (Wildman–Crippen MR) is 142 cm³/mol. The number of fused-ring (bicyclic) bond motifs is 3. The number of hydrogen-bond donors (Lipinski definition) is 1. The number of nitrogens with two attached hydrogens (primary N) is 1. The van der Waals surface area contributed by atoms with Crippen LogP contribution in [0, 0.1) is 43.4 Å². The normalized spacial score (nSPS) is 29.3. The summed E-state index contributed by atoms with van der Waals surface area (Å²) in [5.41, 5.74) is 13.3. The number of anilines is 1. The second kappa shape index (κ2) is 12.9. The molecule has 1 heteroatoms. The summed E-state index contributed by atoms with van der Waals surface area (Å²) in [5.74, 6) is 5.69. The van der Waals surface area contributed by atoms with Crippen LogP contribution in [0.1, 0.15) is 129 Å². The van der Waals surface area contributed by atoms with E-state index in [1.54, 1.807) is 11.1 Å². The maximum absolute atomic E-state index is 6.33. The molecule has 0 bridgehead atoms. The van der Waals surface area contributed by atoms with Crippen molar-refractivity contribution in [3.63, 3.8) is 0 Å². The van der Waals surface area contributed by atoms with Crippen LogP contribution >= 0.6 is 0 Å². The van der Waals surface area contributed by atoms with Crippen molar-refractivity contribution in [2.75, 3.05) is 5.73 Å². The first-order valence-electron chi connectivity index (χ1n) is 13.3. The van der Waals surface area contributed by atoms with Crippen molar-refractivity contribution in [2.45, 2.75) is 127 Å². The van der Waals surface area contributed by atoms with Crippen LogP contribution in [0.15, 0.2) is 6.07 Å². The molecule has 0 radical (unpaired) electrons. The largest absolute Gasteiger partial charge is 0.398 e. The molecule has 0 spiro atoms. The highest BCUT2D eigenvalue weighted by Crippen LogP contribution is 2.52. The van der Waals surface area contributed by atoms with Gasteiger partial charge in [0.15, 0.2) is 0 Å². The fraction of sp³-hybridized carbons (Fsp3) is 0.800. The summed E-state index contributed by atoms with van der Waals surface area (Å²) >= 11 is 0. The van der Waals surface area contributed by atoms with Gasteiger partial charge in [-0.15, -0.1) is 0 Å². The molecule has 31 heavy (non-hydrogen) atoms. The van der Waals surface area contributed by atoms with Gasteiger partial charge in [0.1, 0.15) is 0 Å². The van der Waals surface area contributed by atoms with E-state index < -0.39 is 0 Å². The van der Waals surface area contributed by atoms with Crippen molar-refractivity contribution in [2.24, 2.45) is 29.6 Å². The van der Waals surface area contributed by atoms with Gasteiger partial charge in [-0.05, 0) is 129 Å². The fourth-order valence-corrected chi connectivity index (χ4v) is 6.81. The molecule has 1 nitrogen and oxygen atoms in total. The topological polar surface area (TPSA) is 26.0 Å². The lowest BCUT2D eigenvalue weighted by molar-refractivity contribution is 0.109. The van der Waals surface area contributed by atoms with E-state index in [9.17, 15) is 0 Å². The highest BCUT2D eigenvalue weighted by atomic mass is 14.6. The van der Waals surface area contributed by atoms with E-state index >= 15 is 0 Å². The summed E-state index contributed by atoms with van der Waals surface area (Å²) in [7, 11) is 0. The van der Waals surface area contributed by atoms with E-state index in [2.05, 4.69) is 33.8 Å². The van der Waals surface area contributed by atoms with Gasteiger partial charge in [0.2, 0.25) is 0 Å². The van der Waals surface area contributed by atoms with Crippen molar-refractivity contribution >= 4 is 5.69 Å². The Balaban J connectivity index is 0.000000910. The molecule has 2 N–H and O–H groups in total. The maximum Gasteiger partial charge on any atom is 0.0376 e. The number of nitrogen functional groups attached to an aromatic ring is 1. The molecule has 3 aliphatic carbocycles. The molecule has 3 aliphatic rings. The van der Waals surface area contributed by atoms with Crippen LogP contribution in [0.5, 0.6) is 0 Å². The van der Waals surface area contributed by atoms with Crippen LogP contribution in [-0.4, -0.2) is 0 Å². The van der Waals surface area contributed by atoms with E-state index in [0.29, 0.717) is 0 Å². The number of hydrogen-bond acceptors (Lipinski definition) is 1. The minimum Gasteiger partial charge on any atom is -0.398 e. The zero-order valence-electron chi connectivity index (χ0n) is 21.5. The molecule has 0 aromatic heterocycles. The van der Waals surface area contributed by atoms with E-state index in [1.165, 1.54) is 68.9 Å². The molecular formula is C30H55N. The van der Waals surface area contributed by atoms with E-state index in [1.807, 2.05) is 27.7 Å². The molecule has 2 fully saturated rings. The van der Waals surface area contributed by atoms with E-state index in [4.69, 9.17) is 5.73 Å². The van der Waals surface area contributed by atoms with Crippen LogP contribution in [0.4, 0.5) is 5.69 Å². The lowest BCUT2D eigenvalue weighted by Gasteiger charge is -2.45. The number of rotatable bonds is 2. The highest BCUT2D eigenvalue weighted by Gasteiger charge is 2.39. The van der Waals surface area contributed by atoms with Crippen LogP contribution in [0.3, 0.4) is 0 Å². The first-order chi connectivity index (χ1) is 14.5. The Labute approximate surface area is 196 Å². The van der Waals surface area contributed by atoms with Crippen molar-refractivity contribution in [1.82, 2.24) is 0 Å². The fourth-order valence-electron chi connectivity index (χ4n) is 6.81. The third kappa shape index (κ3) is 6.08. The van der Waals surface area contributed by atoms with Crippen LogP contribution < -0.4 is 5.73 Å². The minimum atomic E-state index is 0. The van der Waals surface area contributed by atoms with Gasteiger partial charge in [0, 0.05) is 5.69 Å². The lowest BCUT2D eigenvalue weighted by Crippen LogP contribution is -2.33. The monoisotopic (exact) mass is 429 g/mol. The molecule has 180 valence electrons. The minimum absolute atomic E-state index is 0. The number of benzene rings is 1. The first-order valence-corrected chi connectivity index (χ1v) is 13.3. The van der Waals surface area contributed by atoms with Crippen molar-refractivity contribution in [1.29, 1.82) is 0 Å². The van der Waals surface area contributed by atoms with Crippen LogP contribution in [-0.2, 0) is 6.42 Å². The second-order valence-electron chi connectivity index (χ2n) is 10.2. The Bertz CT molecular complexity index is 651. The van der Waals surface area contributed by atoms with E-state index in [-0.39, 0.29) is 7.43 Å². The molecule has 4 rings (SSSR count). The Morgan fingerprint density at radius 1 is 0.806 bits per heavy atom. The molecule has 0 heterocycles. The van der Waals surface area contributed by atoms with Gasteiger partial charge in [-0.3, -0.25) is 0 Å². The Hall–Kier alpha value is -0.980. The van der Waals surface area contributed by atoms with Gasteiger partial charge in [-0.1, -0.05) is 55.0 Å². The Morgan fingerprint density at radius 2 is 1.39 bits per heavy atom. The molecule has 3 unspecified atom stereocenters. The van der Waals surface area contributed by atoms with Crippen molar-refractivity contribution in [3.8, 4) is 0 Å². The maximum atomic E-state index is 6.33. The average molecular weight is 430 g/mol. The third-order valence-corrected chi connectivity index (χ3v) is 8.62. The standard InChI is InChI=1S/C25H39N.2C2H6.CH4/c1-15(2)18-5-7-19(8-6-18)20-9-12-23-21(14-20)10-11-22-17(4)25(26)16(3)13-24(22)23;2*1-2;/h13,15,18-21,23H,5-12,14,26H2,1-4H3;2*1-2H3;1H4. The molecule has 1 aromatic rings. The second-order valence-corrected chi connectivity index (χ2v) is 10.2. The van der Waals surface area contributed by atoms with Crippen LogP contribution in [0.25, 0.3) is 0 Å². The summed E-state index contributed by atoms with van der Waals surface area (Å²) in [4.78, 5) is 0. The smallest absolute Gasteiger partial charge is 0.0376 e. The molecule has 0 amide bonds. The first kappa shape index (κ1) is 28.1. The summed E-state index contributed by atoms with van der Waals surface area (Å²) < 4.78 is 0. The summed E-state index contributed by atoms with van der Waals surface area (Å²) in [5, 5.41) is 0. The highest BCUT2D eigenvalue weighted by molar-refractivity contribution is 5.60. The summed E-state index contributed by atoms with van der Waals surface area (Å²) in [6.07, 6.45) is 13.1. The molecule has 0 saturated heterocycles.